The lowest BCUT2D eigenvalue weighted by atomic mass is 10.0. The fourth-order valence-corrected chi connectivity index (χ4v) is 3.54. The Morgan fingerprint density at radius 1 is 1.47 bits per heavy atom. The fraction of sp³-hybridized carbons (Fsp3) is 0.750. The minimum absolute atomic E-state index is 0.334. The van der Waals surface area contributed by atoms with E-state index in [9.17, 15) is 0 Å². The van der Waals surface area contributed by atoms with E-state index >= 15 is 0 Å². The second-order valence-corrected chi connectivity index (χ2v) is 6.78. The van der Waals surface area contributed by atoms with Gasteiger partial charge in [0.15, 0.2) is 0 Å². The van der Waals surface area contributed by atoms with Crippen LogP contribution in [0.1, 0.15) is 42.8 Å². The fourth-order valence-electron chi connectivity index (χ4n) is 1.50. The molecule has 1 heterocycles. The number of ether oxygens (including phenoxy) is 1. The van der Waals surface area contributed by atoms with Crippen LogP contribution in [0.2, 0.25) is 0 Å². The number of rotatable bonds is 7. The van der Waals surface area contributed by atoms with E-state index in [0.29, 0.717) is 6.61 Å². The van der Waals surface area contributed by atoms with Gasteiger partial charge >= 0.3 is 0 Å². The predicted molar refractivity (Wildman–Crippen MR) is 76.5 cm³/mol. The molecule has 2 N–H and O–H groups in total. The van der Waals surface area contributed by atoms with Gasteiger partial charge in [-0.05, 0) is 26.0 Å². The van der Waals surface area contributed by atoms with Gasteiger partial charge in [0.25, 0.3) is 0 Å². The van der Waals surface area contributed by atoms with Crippen LogP contribution in [-0.2, 0) is 22.6 Å². The van der Waals surface area contributed by atoms with E-state index in [1.807, 2.05) is 25.6 Å². The van der Waals surface area contributed by atoms with Crippen LogP contribution in [0.15, 0.2) is 0 Å². The van der Waals surface area contributed by atoms with Crippen molar-refractivity contribution in [2.45, 2.75) is 45.1 Å². The average Bonchev–Trinajstić information content (AvgIpc) is 2.62. The van der Waals surface area contributed by atoms with Crippen molar-refractivity contribution in [2.75, 3.05) is 12.9 Å². The van der Waals surface area contributed by atoms with Gasteiger partial charge < -0.3 is 10.5 Å². The maximum absolute atomic E-state index is 6.16. The van der Waals surface area contributed by atoms with Crippen molar-refractivity contribution in [3.63, 3.8) is 0 Å². The molecule has 0 aliphatic heterocycles. The summed E-state index contributed by atoms with van der Waals surface area (Å²) < 4.78 is 5.18. The zero-order chi connectivity index (χ0) is 12.9. The van der Waals surface area contributed by atoms with E-state index in [0.717, 1.165) is 21.3 Å². The zero-order valence-electron chi connectivity index (χ0n) is 11.1. The summed E-state index contributed by atoms with van der Waals surface area (Å²) in [5.74, 6) is 2.16. The molecule has 0 radical (unpaired) electrons. The van der Waals surface area contributed by atoms with Gasteiger partial charge in [-0.25, -0.2) is 4.98 Å². The van der Waals surface area contributed by atoms with Gasteiger partial charge in [-0.15, -0.1) is 11.3 Å². The van der Waals surface area contributed by atoms with Crippen LogP contribution >= 0.6 is 23.1 Å². The molecule has 17 heavy (non-hydrogen) atoms. The lowest BCUT2D eigenvalue weighted by Crippen LogP contribution is -2.28. The first-order valence-corrected chi connectivity index (χ1v) is 7.80. The topological polar surface area (TPSA) is 48.1 Å². The molecular formula is C12H22N2OS2. The van der Waals surface area contributed by atoms with Crippen LogP contribution in [-0.4, -0.2) is 17.8 Å². The standard InChI is InChI=1S/C12H22N2OS2/c1-5-6-16-8-10-14-9(7-15-4)11(17-10)12(2,3)13/h5-8,13H2,1-4H3. The third kappa shape index (κ3) is 4.58. The molecule has 0 aromatic carbocycles. The van der Waals surface area contributed by atoms with Crippen molar-refractivity contribution in [3.05, 3.63) is 15.6 Å². The van der Waals surface area contributed by atoms with E-state index in [-0.39, 0.29) is 5.54 Å². The molecule has 0 amide bonds. The number of thioether (sulfide) groups is 1. The first-order valence-electron chi connectivity index (χ1n) is 5.83. The first-order chi connectivity index (χ1) is 7.99. The number of hydrogen-bond donors (Lipinski definition) is 1. The molecule has 0 aliphatic carbocycles. The number of hydrogen-bond acceptors (Lipinski definition) is 5. The highest BCUT2D eigenvalue weighted by Gasteiger charge is 2.23. The lowest BCUT2D eigenvalue weighted by molar-refractivity contribution is 0.180. The monoisotopic (exact) mass is 274 g/mol. The van der Waals surface area contributed by atoms with Gasteiger partial charge in [0.05, 0.1) is 12.3 Å². The third-order valence-corrected chi connectivity index (χ3v) is 4.98. The summed E-state index contributed by atoms with van der Waals surface area (Å²) in [4.78, 5) is 5.78. The summed E-state index contributed by atoms with van der Waals surface area (Å²) >= 11 is 3.64. The highest BCUT2D eigenvalue weighted by molar-refractivity contribution is 7.98. The maximum Gasteiger partial charge on any atom is 0.103 e. The van der Waals surface area contributed by atoms with E-state index < -0.39 is 0 Å². The second kappa shape index (κ2) is 6.73. The highest BCUT2D eigenvalue weighted by Crippen LogP contribution is 2.30. The molecule has 0 saturated heterocycles. The van der Waals surface area contributed by atoms with Crippen LogP contribution in [0.4, 0.5) is 0 Å². The number of nitrogens with zero attached hydrogens (tertiary/aromatic N) is 1. The van der Waals surface area contributed by atoms with E-state index in [4.69, 9.17) is 10.5 Å². The van der Waals surface area contributed by atoms with Crippen LogP contribution in [0.3, 0.4) is 0 Å². The van der Waals surface area contributed by atoms with Gasteiger partial charge in [-0.3, -0.25) is 0 Å². The van der Waals surface area contributed by atoms with Crippen molar-refractivity contribution in [2.24, 2.45) is 5.73 Å². The van der Waals surface area contributed by atoms with Gasteiger partial charge in [-0.2, -0.15) is 11.8 Å². The maximum atomic E-state index is 6.16. The van der Waals surface area contributed by atoms with Crippen molar-refractivity contribution < 1.29 is 4.74 Å². The Hall–Kier alpha value is -0.100. The summed E-state index contributed by atoms with van der Waals surface area (Å²) in [6.07, 6.45) is 1.20. The van der Waals surface area contributed by atoms with Crippen LogP contribution < -0.4 is 5.73 Å². The van der Waals surface area contributed by atoms with Gasteiger partial charge in [0, 0.05) is 23.3 Å². The van der Waals surface area contributed by atoms with Gasteiger partial charge in [0.2, 0.25) is 0 Å². The first kappa shape index (κ1) is 15.0. The van der Waals surface area contributed by atoms with Crippen molar-refractivity contribution in [3.8, 4) is 0 Å². The largest absolute Gasteiger partial charge is 0.378 e. The summed E-state index contributed by atoms with van der Waals surface area (Å²) in [5.41, 5.74) is 6.83. The molecule has 0 atom stereocenters. The Morgan fingerprint density at radius 2 is 2.18 bits per heavy atom. The normalized spacial score (nSPS) is 12.1. The molecule has 0 unspecified atom stereocenters. The number of nitrogens with two attached hydrogens (primary N) is 1. The van der Waals surface area contributed by atoms with E-state index in [2.05, 4.69) is 11.9 Å². The Labute approximate surface area is 112 Å². The van der Waals surface area contributed by atoms with Crippen molar-refractivity contribution in [1.82, 2.24) is 4.98 Å². The van der Waals surface area contributed by atoms with Crippen LogP contribution in [0.25, 0.3) is 0 Å². The van der Waals surface area contributed by atoms with E-state index in [1.54, 1.807) is 18.4 Å². The smallest absolute Gasteiger partial charge is 0.103 e. The molecule has 0 saturated carbocycles. The third-order valence-electron chi connectivity index (χ3n) is 2.18. The molecule has 1 rings (SSSR count). The number of aromatic nitrogens is 1. The molecule has 1 aromatic rings. The SMILES string of the molecule is CCCSCc1nc(COC)c(C(C)(C)N)s1. The summed E-state index contributed by atoms with van der Waals surface area (Å²) in [5, 5.41) is 1.16. The Morgan fingerprint density at radius 3 is 2.71 bits per heavy atom. The minimum Gasteiger partial charge on any atom is -0.378 e. The molecule has 0 fully saturated rings. The Balaban J connectivity index is 2.80. The highest BCUT2D eigenvalue weighted by atomic mass is 32.2. The molecular weight excluding hydrogens is 252 g/mol. The molecule has 0 aliphatic rings. The van der Waals surface area contributed by atoms with E-state index in [1.165, 1.54) is 12.2 Å². The Kier molecular flexibility index (Phi) is 5.92. The summed E-state index contributed by atoms with van der Waals surface area (Å²) in [6, 6.07) is 0. The quantitative estimate of drug-likeness (QED) is 0.776. The minimum atomic E-state index is -0.334. The number of thiazole rings is 1. The molecule has 0 bridgehead atoms. The number of methoxy groups -OCH3 is 1. The molecule has 5 heteroatoms. The van der Waals surface area contributed by atoms with Crippen molar-refractivity contribution in [1.29, 1.82) is 0 Å². The second-order valence-electron chi connectivity index (χ2n) is 4.59. The van der Waals surface area contributed by atoms with Gasteiger partial charge in [0.1, 0.15) is 5.01 Å². The Bertz CT molecular complexity index is 345. The van der Waals surface area contributed by atoms with Gasteiger partial charge in [-0.1, -0.05) is 6.92 Å². The van der Waals surface area contributed by atoms with Crippen LogP contribution in [0, 0.1) is 0 Å². The molecule has 1 aromatic heterocycles. The summed E-state index contributed by atoms with van der Waals surface area (Å²) in [6.45, 7) is 6.77. The summed E-state index contributed by atoms with van der Waals surface area (Å²) in [7, 11) is 1.69. The average molecular weight is 274 g/mol. The molecule has 3 nitrogen and oxygen atoms in total. The molecule has 0 spiro atoms. The predicted octanol–water partition coefficient (Wildman–Crippen LogP) is 3.13. The van der Waals surface area contributed by atoms with Crippen molar-refractivity contribution >= 4 is 23.1 Å². The molecule has 98 valence electrons. The zero-order valence-corrected chi connectivity index (χ0v) is 12.7. The van der Waals surface area contributed by atoms with Crippen LogP contribution in [0.5, 0.6) is 0 Å². The lowest BCUT2D eigenvalue weighted by Gasteiger charge is -2.17.